The van der Waals surface area contributed by atoms with Gasteiger partial charge in [0.25, 0.3) is 0 Å². The Hall–Kier alpha value is -2.30. The van der Waals surface area contributed by atoms with Gasteiger partial charge in [-0.2, -0.15) is 5.10 Å². The van der Waals surface area contributed by atoms with Gasteiger partial charge in [-0.15, -0.1) is 0 Å². The molecule has 2 amide bonds. The maximum atomic E-state index is 12.0. The molecule has 0 bridgehead atoms. The van der Waals surface area contributed by atoms with Gasteiger partial charge in [-0.1, -0.05) is 36.8 Å². The van der Waals surface area contributed by atoms with E-state index in [2.05, 4.69) is 40.0 Å². The maximum Gasteiger partial charge on any atom is 0.315 e. The van der Waals surface area contributed by atoms with Crippen LogP contribution in [0.25, 0.3) is 0 Å². The van der Waals surface area contributed by atoms with Gasteiger partial charge in [0, 0.05) is 25.2 Å². The van der Waals surface area contributed by atoms with Crippen LogP contribution in [0, 0.1) is 0 Å². The lowest BCUT2D eigenvalue weighted by atomic mass is 9.64. The van der Waals surface area contributed by atoms with E-state index in [0.29, 0.717) is 13.1 Å². The van der Waals surface area contributed by atoms with Crippen LogP contribution >= 0.6 is 0 Å². The first-order valence-corrected chi connectivity index (χ1v) is 7.74. The molecule has 5 heteroatoms. The molecule has 2 N–H and O–H groups in total. The minimum Gasteiger partial charge on any atom is -0.337 e. The molecule has 0 saturated heterocycles. The van der Waals surface area contributed by atoms with Crippen LogP contribution in [-0.2, 0) is 19.0 Å². The number of nitrogens with one attached hydrogen (secondary N) is 2. The summed E-state index contributed by atoms with van der Waals surface area (Å²) in [6.45, 7) is 1.18. The molecule has 0 spiro atoms. The predicted molar refractivity (Wildman–Crippen MR) is 85.4 cm³/mol. The van der Waals surface area contributed by atoms with Crippen LogP contribution in [-0.4, -0.2) is 22.4 Å². The summed E-state index contributed by atoms with van der Waals surface area (Å²) in [6, 6.07) is 12.3. The Kier molecular flexibility index (Phi) is 4.13. The molecule has 22 heavy (non-hydrogen) atoms. The smallest absolute Gasteiger partial charge is 0.315 e. The number of aromatic nitrogens is 2. The van der Waals surface area contributed by atoms with Crippen LogP contribution in [0.4, 0.5) is 4.79 Å². The van der Waals surface area contributed by atoms with Crippen molar-refractivity contribution in [2.75, 3.05) is 6.54 Å². The second kappa shape index (κ2) is 6.22. The third kappa shape index (κ3) is 2.98. The van der Waals surface area contributed by atoms with Gasteiger partial charge in [0.2, 0.25) is 0 Å². The Labute approximate surface area is 130 Å². The van der Waals surface area contributed by atoms with E-state index in [9.17, 15) is 4.79 Å². The molecule has 0 unspecified atom stereocenters. The number of urea groups is 1. The van der Waals surface area contributed by atoms with E-state index in [1.165, 1.54) is 12.0 Å². The fourth-order valence-electron chi connectivity index (χ4n) is 3.02. The fourth-order valence-corrected chi connectivity index (χ4v) is 3.02. The number of carbonyl (C=O) groups is 1. The summed E-state index contributed by atoms with van der Waals surface area (Å²) in [5, 5.41) is 10.0. The van der Waals surface area contributed by atoms with E-state index in [-0.39, 0.29) is 11.4 Å². The summed E-state index contributed by atoms with van der Waals surface area (Å²) in [5.74, 6) is 0. The Bertz CT molecular complexity index is 631. The Morgan fingerprint density at radius 1 is 1.23 bits per heavy atom. The van der Waals surface area contributed by atoms with Crippen LogP contribution in [0.2, 0.25) is 0 Å². The summed E-state index contributed by atoms with van der Waals surface area (Å²) in [5.41, 5.74) is 2.43. The SMILES string of the molecule is Cn1nccc1CNC(=O)NCC1(c2ccccc2)CCC1. The molecular formula is C17H22N4O. The standard InChI is InChI=1S/C17H22N4O/c1-21-15(8-11-20-21)12-18-16(22)19-13-17(9-5-10-17)14-6-3-2-4-7-14/h2-4,6-8,11H,5,9-10,12-13H2,1H3,(H2,18,19,22). The highest BCUT2D eigenvalue weighted by molar-refractivity contribution is 5.74. The number of carbonyl (C=O) groups excluding carboxylic acids is 1. The zero-order valence-corrected chi connectivity index (χ0v) is 12.9. The second-order valence-corrected chi connectivity index (χ2v) is 5.98. The van der Waals surface area contributed by atoms with Crippen LogP contribution < -0.4 is 10.6 Å². The second-order valence-electron chi connectivity index (χ2n) is 5.98. The number of aryl methyl sites for hydroxylation is 1. The molecule has 0 atom stereocenters. The van der Waals surface area contributed by atoms with Crippen molar-refractivity contribution in [1.82, 2.24) is 20.4 Å². The number of benzene rings is 1. The highest BCUT2D eigenvalue weighted by atomic mass is 16.2. The fraction of sp³-hybridized carbons (Fsp3) is 0.412. The van der Waals surface area contributed by atoms with E-state index in [1.54, 1.807) is 10.9 Å². The molecule has 116 valence electrons. The normalized spacial score (nSPS) is 15.9. The number of rotatable bonds is 5. The van der Waals surface area contributed by atoms with Gasteiger partial charge in [0.1, 0.15) is 0 Å². The molecule has 1 aromatic carbocycles. The highest BCUT2D eigenvalue weighted by Gasteiger charge is 2.38. The first-order chi connectivity index (χ1) is 10.7. The van der Waals surface area contributed by atoms with E-state index in [4.69, 9.17) is 0 Å². The van der Waals surface area contributed by atoms with Crippen molar-refractivity contribution < 1.29 is 4.79 Å². The summed E-state index contributed by atoms with van der Waals surface area (Å²) < 4.78 is 1.76. The van der Waals surface area contributed by atoms with E-state index >= 15 is 0 Å². The van der Waals surface area contributed by atoms with Crippen molar-refractivity contribution in [3.63, 3.8) is 0 Å². The molecule has 3 rings (SSSR count). The molecule has 0 aliphatic heterocycles. The predicted octanol–water partition coefficient (Wildman–Crippen LogP) is 2.34. The van der Waals surface area contributed by atoms with Gasteiger partial charge in [-0.3, -0.25) is 4.68 Å². The first-order valence-electron chi connectivity index (χ1n) is 7.74. The van der Waals surface area contributed by atoms with E-state index in [0.717, 1.165) is 18.5 Å². The number of amides is 2. The number of nitrogens with zero attached hydrogens (tertiary/aromatic N) is 2. The van der Waals surface area contributed by atoms with Gasteiger partial charge >= 0.3 is 6.03 Å². The van der Waals surface area contributed by atoms with Crippen molar-refractivity contribution in [3.8, 4) is 0 Å². The summed E-state index contributed by atoms with van der Waals surface area (Å²) in [4.78, 5) is 12.0. The van der Waals surface area contributed by atoms with Crippen molar-refractivity contribution in [2.45, 2.75) is 31.2 Å². The van der Waals surface area contributed by atoms with Gasteiger partial charge in [0.15, 0.2) is 0 Å². The molecule has 5 nitrogen and oxygen atoms in total. The first kappa shape index (κ1) is 14.6. The molecule has 1 aliphatic carbocycles. The topological polar surface area (TPSA) is 59.0 Å². The highest BCUT2D eigenvalue weighted by Crippen LogP contribution is 2.43. The van der Waals surface area contributed by atoms with Gasteiger partial charge < -0.3 is 10.6 Å². The minimum absolute atomic E-state index is 0.116. The van der Waals surface area contributed by atoms with Gasteiger partial charge in [-0.25, -0.2) is 4.79 Å². The van der Waals surface area contributed by atoms with Crippen LogP contribution in [0.3, 0.4) is 0 Å². The minimum atomic E-state index is -0.122. The number of hydrogen-bond acceptors (Lipinski definition) is 2. The molecule has 1 fully saturated rings. The average molecular weight is 298 g/mol. The largest absolute Gasteiger partial charge is 0.337 e. The van der Waals surface area contributed by atoms with E-state index in [1.807, 2.05) is 19.2 Å². The van der Waals surface area contributed by atoms with Crippen LogP contribution in [0.1, 0.15) is 30.5 Å². The molecule has 1 heterocycles. The quantitative estimate of drug-likeness (QED) is 0.890. The summed E-state index contributed by atoms with van der Waals surface area (Å²) >= 11 is 0. The van der Waals surface area contributed by atoms with Crippen molar-refractivity contribution in [2.24, 2.45) is 7.05 Å². The van der Waals surface area contributed by atoms with Crippen LogP contribution in [0.15, 0.2) is 42.6 Å². The lowest BCUT2D eigenvalue weighted by Crippen LogP contribution is -2.48. The lowest BCUT2D eigenvalue weighted by Gasteiger charge is -2.42. The molecule has 1 aromatic heterocycles. The molecule has 0 radical (unpaired) electrons. The summed E-state index contributed by atoms with van der Waals surface area (Å²) in [6.07, 6.45) is 5.24. The zero-order chi connectivity index (χ0) is 15.4. The van der Waals surface area contributed by atoms with Gasteiger partial charge in [-0.05, 0) is 24.5 Å². The Morgan fingerprint density at radius 3 is 2.59 bits per heavy atom. The molecule has 1 saturated carbocycles. The monoisotopic (exact) mass is 298 g/mol. The zero-order valence-electron chi connectivity index (χ0n) is 12.9. The third-order valence-electron chi connectivity index (χ3n) is 4.64. The van der Waals surface area contributed by atoms with Gasteiger partial charge in [0.05, 0.1) is 12.2 Å². The molecular weight excluding hydrogens is 276 g/mol. The number of hydrogen-bond donors (Lipinski definition) is 2. The van der Waals surface area contributed by atoms with Crippen molar-refractivity contribution in [3.05, 3.63) is 53.9 Å². The Morgan fingerprint density at radius 2 is 2.00 bits per heavy atom. The lowest BCUT2D eigenvalue weighted by molar-refractivity contribution is 0.214. The maximum absolute atomic E-state index is 12.0. The molecule has 2 aromatic rings. The van der Waals surface area contributed by atoms with Crippen LogP contribution in [0.5, 0.6) is 0 Å². The Balaban J connectivity index is 1.53. The van der Waals surface area contributed by atoms with Crippen molar-refractivity contribution >= 4 is 6.03 Å². The summed E-state index contributed by atoms with van der Waals surface area (Å²) in [7, 11) is 1.87. The van der Waals surface area contributed by atoms with Crippen molar-refractivity contribution in [1.29, 1.82) is 0 Å². The average Bonchev–Trinajstić information content (AvgIpc) is 2.90. The van der Waals surface area contributed by atoms with E-state index < -0.39 is 0 Å². The molecule has 1 aliphatic rings. The third-order valence-corrected chi connectivity index (χ3v) is 4.64.